The lowest BCUT2D eigenvalue weighted by atomic mass is 9.75. The van der Waals surface area contributed by atoms with Crippen molar-refractivity contribution in [3.8, 4) is 0 Å². The van der Waals surface area contributed by atoms with Gasteiger partial charge in [-0.05, 0) is 18.6 Å². The van der Waals surface area contributed by atoms with Crippen molar-refractivity contribution in [2.24, 2.45) is 11.8 Å². The molecular formula is C17H17NO3S. The molecule has 1 aromatic carbocycles. The number of anilines is 1. The Morgan fingerprint density at radius 2 is 1.91 bits per heavy atom. The first-order valence-electron chi connectivity index (χ1n) is 7.64. The van der Waals surface area contributed by atoms with Crippen molar-refractivity contribution < 1.29 is 13.8 Å². The van der Waals surface area contributed by atoms with E-state index in [1.54, 1.807) is 12.1 Å². The van der Waals surface area contributed by atoms with Crippen LogP contribution in [0.2, 0.25) is 0 Å². The van der Waals surface area contributed by atoms with Gasteiger partial charge in [0, 0.05) is 10.8 Å². The van der Waals surface area contributed by atoms with Gasteiger partial charge in [0.1, 0.15) is 0 Å². The summed E-state index contributed by atoms with van der Waals surface area (Å²) in [5.41, 5.74) is 0.615. The van der Waals surface area contributed by atoms with Crippen molar-refractivity contribution >= 4 is 28.3 Å². The van der Waals surface area contributed by atoms with Crippen molar-refractivity contribution in [1.29, 1.82) is 0 Å². The fourth-order valence-corrected chi connectivity index (χ4v) is 6.61. The minimum absolute atomic E-state index is 0.185. The molecule has 1 aromatic rings. The van der Waals surface area contributed by atoms with Crippen LogP contribution in [0, 0.1) is 11.8 Å². The Morgan fingerprint density at radius 3 is 2.59 bits per heavy atom. The highest BCUT2D eigenvalue weighted by atomic mass is 32.2. The highest BCUT2D eigenvalue weighted by molar-refractivity contribution is 7.88. The van der Waals surface area contributed by atoms with E-state index in [0.717, 1.165) is 6.42 Å². The van der Waals surface area contributed by atoms with Crippen LogP contribution in [0.25, 0.3) is 0 Å². The van der Waals surface area contributed by atoms with Gasteiger partial charge in [-0.25, -0.2) is 4.90 Å². The fraction of sp³-hybridized carbons (Fsp3) is 0.412. The monoisotopic (exact) mass is 315 g/mol. The van der Waals surface area contributed by atoms with Crippen molar-refractivity contribution in [2.75, 3.05) is 4.90 Å². The number of imide groups is 1. The molecule has 2 amide bonds. The Balaban J connectivity index is 1.80. The molecule has 2 fully saturated rings. The molecule has 0 radical (unpaired) electrons. The molecule has 3 heterocycles. The first-order valence-corrected chi connectivity index (χ1v) is 8.86. The normalized spacial score (nSPS) is 38.9. The van der Waals surface area contributed by atoms with Crippen LogP contribution in [-0.4, -0.2) is 26.0 Å². The Labute approximate surface area is 131 Å². The first kappa shape index (κ1) is 13.9. The van der Waals surface area contributed by atoms with Crippen LogP contribution >= 0.6 is 0 Å². The fourth-order valence-electron chi connectivity index (χ4n) is 4.23. The maximum atomic E-state index is 13.0. The predicted octanol–water partition coefficient (Wildman–Crippen LogP) is 2.03. The topological polar surface area (TPSA) is 54.5 Å². The zero-order valence-electron chi connectivity index (χ0n) is 12.3. The summed E-state index contributed by atoms with van der Waals surface area (Å²) in [7, 11) is -1.16. The third-order valence-corrected chi connectivity index (χ3v) is 7.36. The van der Waals surface area contributed by atoms with Crippen LogP contribution in [0.15, 0.2) is 42.5 Å². The second-order valence-corrected chi connectivity index (χ2v) is 8.08. The zero-order chi connectivity index (χ0) is 15.5. The number of rotatable bonds is 3. The van der Waals surface area contributed by atoms with E-state index in [0.29, 0.717) is 12.1 Å². The molecule has 4 rings (SSSR count). The number of carbonyl (C=O) groups excluding carboxylic acids is 2. The molecule has 0 aliphatic carbocycles. The highest BCUT2D eigenvalue weighted by Crippen LogP contribution is 2.56. The van der Waals surface area contributed by atoms with E-state index in [1.165, 1.54) is 4.90 Å². The van der Waals surface area contributed by atoms with Gasteiger partial charge in [0.15, 0.2) is 0 Å². The third-order valence-electron chi connectivity index (χ3n) is 5.08. The highest BCUT2D eigenvalue weighted by Gasteiger charge is 2.70. The second-order valence-electron chi connectivity index (χ2n) is 6.18. The van der Waals surface area contributed by atoms with E-state index in [4.69, 9.17) is 0 Å². The lowest BCUT2D eigenvalue weighted by Gasteiger charge is -2.28. The molecule has 114 valence electrons. The molecule has 2 bridgehead atoms. The predicted molar refractivity (Wildman–Crippen MR) is 84.6 cm³/mol. The summed E-state index contributed by atoms with van der Waals surface area (Å²) in [4.78, 5) is 27.1. The van der Waals surface area contributed by atoms with Gasteiger partial charge in [0.2, 0.25) is 11.8 Å². The number of hydrogen-bond donors (Lipinski definition) is 0. The SMILES string of the molecule is CCC[C@]12C=C[C@H]([C@@H]3C(=O)N(c4ccccc4)C(=O)[C@@H]31)[S@@]2=O. The van der Waals surface area contributed by atoms with Crippen LogP contribution < -0.4 is 4.90 Å². The zero-order valence-corrected chi connectivity index (χ0v) is 13.1. The Bertz CT molecular complexity index is 714. The van der Waals surface area contributed by atoms with E-state index >= 15 is 0 Å². The number of nitrogens with zero attached hydrogens (tertiary/aromatic N) is 1. The molecule has 0 aromatic heterocycles. The van der Waals surface area contributed by atoms with Crippen molar-refractivity contribution in [3.05, 3.63) is 42.5 Å². The van der Waals surface area contributed by atoms with Gasteiger partial charge in [0.05, 0.1) is 27.5 Å². The smallest absolute Gasteiger partial charge is 0.239 e. The largest absolute Gasteiger partial charge is 0.274 e. The van der Waals surface area contributed by atoms with Crippen LogP contribution in [0.4, 0.5) is 5.69 Å². The second kappa shape index (κ2) is 4.62. The van der Waals surface area contributed by atoms with E-state index in [9.17, 15) is 13.8 Å². The first-order chi connectivity index (χ1) is 10.6. The summed E-state index contributed by atoms with van der Waals surface area (Å²) in [6.07, 6.45) is 5.37. The van der Waals surface area contributed by atoms with E-state index in [1.807, 2.05) is 37.3 Å². The summed E-state index contributed by atoms with van der Waals surface area (Å²) in [6, 6.07) is 9.03. The molecule has 4 nitrogen and oxygen atoms in total. The lowest BCUT2D eigenvalue weighted by molar-refractivity contribution is -0.122. The molecule has 0 unspecified atom stereocenters. The van der Waals surface area contributed by atoms with Crippen molar-refractivity contribution in [3.63, 3.8) is 0 Å². The quantitative estimate of drug-likeness (QED) is 0.633. The molecule has 0 saturated carbocycles. The summed E-state index contributed by atoms with van der Waals surface area (Å²) >= 11 is 0. The number of amides is 2. The third kappa shape index (κ3) is 1.50. The molecule has 0 spiro atoms. The average molecular weight is 315 g/mol. The number of benzene rings is 1. The molecule has 22 heavy (non-hydrogen) atoms. The van der Waals surface area contributed by atoms with Crippen molar-refractivity contribution in [2.45, 2.75) is 29.8 Å². The van der Waals surface area contributed by atoms with Gasteiger partial charge in [-0.2, -0.15) is 0 Å². The Hall–Kier alpha value is -1.75. The maximum Gasteiger partial charge on any atom is 0.239 e. The minimum atomic E-state index is -1.16. The molecule has 0 N–H and O–H groups in total. The van der Waals surface area contributed by atoms with E-state index in [2.05, 4.69) is 0 Å². The summed E-state index contributed by atoms with van der Waals surface area (Å²) in [6.45, 7) is 2.02. The average Bonchev–Trinajstić information content (AvgIpc) is 3.07. The molecule has 5 heteroatoms. The molecule has 3 aliphatic rings. The van der Waals surface area contributed by atoms with Gasteiger partial charge >= 0.3 is 0 Å². The van der Waals surface area contributed by atoms with Crippen molar-refractivity contribution in [1.82, 2.24) is 0 Å². The summed E-state index contributed by atoms with van der Waals surface area (Å²) in [5.74, 6) is -1.29. The van der Waals surface area contributed by atoms with E-state index in [-0.39, 0.29) is 17.1 Å². The van der Waals surface area contributed by atoms with E-state index < -0.39 is 27.4 Å². The van der Waals surface area contributed by atoms with Crippen LogP contribution in [0.3, 0.4) is 0 Å². The van der Waals surface area contributed by atoms with Gasteiger partial charge in [-0.1, -0.05) is 43.7 Å². The molecule has 3 aliphatic heterocycles. The van der Waals surface area contributed by atoms with Gasteiger partial charge < -0.3 is 0 Å². The van der Waals surface area contributed by atoms with Crippen LogP contribution in [0.5, 0.6) is 0 Å². The van der Waals surface area contributed by atoms with Gasteiger partial charge in [0.25, 0.3) is 0 Å². The molecule has 5 atom stereocenters. The number of carbonyl (C=O) groups is 2. The number of fused-ring (bicyclic) bond motifs is 5. The molecule has 2 saturated heterocycles. The molecular weight excluding hydrogens is 298 g/mol. The summed E-state index contributed by atoms with van der Waals surface area (Å²) < 4.78 is 12.1. The standard InChI is InChI=1S/C17H17NO3S/c1-2-9-17-10-8-12(22(17)21)13-14(17)16(20)18(15(13)19)11-6-4-3-5-7-11/h3-8,10,12-14H,2,9H2,1H3/t12-,13+,14-,17+,22+/m1/s1. The van der Waals surface area contributed by atoms with Crippen LogP contribution in [-0.2, 0) is 20.4 Å². The Kier molecular flexibility index (Phi) is 2.92. The maximum absolute atomic E-state index is 13.0. The lowest BCUT2D eigenvalue weighted by Crippen LogP contribution is -2.41. The minimum Gasteiger partial charge on any atom is -0.274 e. The number of hydrogen-bond acceptors (Lipinski definition) is 3. The summed E-state index contributed by atoms with van der Waals surface area (Å²) in [5, 5.41) is -0.304. The van der Waals surface area contributed by atoms with Gasteiger partial charge in [-0.3, -0.25) is 13.8 Å². The number of para-hydroxylation sites is 1. The van der Waals surface area contributed by atoms with Crippen LogP contribution in [0.1, 0.15) is 19.8 Å². The Morgan fingerprint density at radius 1 is 1.18 bits per heavy atom. The van der Waals surface area contributed by atoms with Gasteiger partial charge in [-0.15, -0.1) is 0 Å².